The number of aryl methyl sites for hydroxylation is 3. The van der Waals surface area contributed by atoms with Crippen LogP contribution in [0.4, 0.5) is 0 Å². The van der Waals surface area contributed by atoms with Crippen LogP contribution in [-0.2, 0) is 19.4 Å². The zero-order valence-electron chi connectivity index (χ0n) is 15.7. The van der Waals surface area contributed by atoms with Crippen molar-refractivity contribution in [3.63, 3.8) is 0 Å². The Kier molecular flexibility index (Phi) is 6.65. The predicted octanol–water partition coefficient (Wildman–Crippen LogP) is 4.24. The number of aromatic nitrogens is 2. The van der Waals surface area contributed by atoms with Crippen molar-refractivity contribution in [2.24, 2.45) is 0 Å². The number of nitrogens with zero attached hydrogens (tertiary/aromatic N) is 3. The first-order valence-electron chi connectivity index (χ1n) is 9.96. The first-order valence-corrected chi connectivity index (χ1v) is 10.8. The summed E-state index contributed by atoms with van der Waals surface area (Å²) < 4.78 is 1.84. The zero-order valence-corrected chi connectivity index (χ0v) is 16.5. The van der Waals surface area contributed by atoms with Gasteiger partial charge in [-0.1, -0.05) is 26.7 Å². The van der Waals surface area contributed by atoms with Crippen LogP contribution in [0.25, 0.3) is 10.2 Å². The van der Waals surface area contributed by atoms with E-state index in [9.17, 15) is 4.79 Å². The van der Waals surface area contributed by atoms with Crippen LogP contribution in [0.5, 0.6) is 0 Å². The Hall–Kier alpha value is -1.20. The summed E-state index contributed by atoms with van der Waals surface area (Å²) in [5.74, 6) is 0. The Labute approximate surface area is 154 Å². The lowest BCUT2D eigenvalue weighted by Gasteiger charge is -2.22. The van der Waals surface area contributed by atoms with Gasteiger partial charge < -0.3 is 4.90 Å². The van der Waals surface area contributed by atoms with E-state index in [4.69, 9.17) is 0 Å². The largest absolute Gasteiger partial charge is 0.303 e. The molecule has 0 bridgehead atoms. The van der Waals surface area contributed by atoms with Gasteiger partial charge in [0.15, 0.2) is 0 Å². The van der Waals surface area contributed by atoms with Gasteiger partial charge in [0.1, 0.15) is 4.83 Å². The molecule has 1 aliphatic rings. The number of hydrogen-bond donors (Lipinski definition) is 0. The van der Waals surface area contributed by atoms with Crippen LogP contribution in [-0.4, -0.2) is 34.1 Å². The van der Waals surface area contributed by atoms with Crippen molar-refractivity contribution in [3.05, 3.63) is 27.1 Å². The fourth-order valence-electron chi connectivity index (χ4n) is 3.74. The van der Waals surface area contributed by atoms with E-state index in [1.807, 2.05) is 4.57 Å². The van der Waals surface area contributed by atoms with Crippen molar-refractivity contribution >= 4 is 21.6 Å². The molecule has 5 heteroatoms. The Morgan fingerprint density at radius 1 is 1.12 bits per heavy atom. The van der Waals surface area contributed by atoms with Gasteiger partial charge in [-0.2, -0.15) is 0 Å². The van der Waals surface area contributed by atoms with Crippen LogP contribution >= 0.6 is 11.3 Å². The number of thiophene rings is 1. The highest BCUT2D eigenvalue weighted by molar-refractivity contribution is 7.18. The molecule has 2 aromatic heterocycles. The molecule has 0 amide bonds. The Morgan fingerprint density at radius 2 is 1.84 bits per heavy atom. The van der Waals surface area contributed by atoms with E-state index in [-0.39, 0.29) is 5.56 Å². The molecule has 0 fully saturated rings. The lowest BCUT2D eigenvalue weighted by atomic mass is 10.2. The smallest absolute Gasteiger partial charge is 0.262 e. The van der Waals surface area contributed by atoms with E-state index in [0.29, 0.717) is 0 Å². The highest BCUT2D eigenvalue weighted by Crippen LogP contribution is 2.34. The molecular formula is C20H31N3OS. The third kappa shape index (κ3) is 4.32. The lowest BCUT2D eigenvalue weighted by molar-refractivity contribution is 0.257. The molecule has 2 heterocycles. The van der Waals surface area contributed by atoms with Crippen LogP contribution in [0, 0.1) is 0 Å². The Morgan fingerprint density at radius 3 is 2.56 bits per heavy atom. The first kappa shape index (κ1) is 18.6. The van der Waals surface area contributed by atoms with Crippen LogP contribution < -0.4 is 5.56 Å². The molecule has 138 valence electrons. The minimum atomic E-state index is 0.179. The van der Waals surface area contributed by atoms with Crippen LogP contribution in [0.2, 0.25) is 0 Å². The van der Waals surface area contributed by atoms with Crippen molar-refractivity contribution in [2.45, 2.75) is 71.8 Å². The molecule has 0 N–H and O–H groups in total. The molecule has 3 rings (SSSR count). The Balaban J connectivity index is 1.64. The van der Waals surface area contributed by atoms with Gasteiger partial charge in [0.2, 0.25) is 0 Å². The summed E-state index contributed by atoms with van der Waals surface area (Å²) in [6.45, 7) is 8.71. The fourth-order valence-corrected chi connectivity index (χ4v) is 4.96. The summed E-state index contributed by atoms with van der Waals surface area (Å²) >= 11 is 1.72. The van der Waals surface area contributed by atoms with Crippen LogP contribution in [0.3, 0.4) is 0 Å². The van der Waals surface area contributed by atoms with Crippen molar-refractivity contribution in [3.8, 4) is 0 Å². The van der Waals surface area contributed by atoms with Gasteiger partial charge in [-0.25, -0.2) is 4.98 Å². The van der Waals surface area contributed by atoms with Crippen molar-refractivity contribution in [2.75, 3.05) is 19.6 Å². The topological polar surface area (TPSA) is 38.1 Å². The second-order valence-corrected chi connectivity index (χ2v) is 8.27. The predicted molar refractivity (Wildman–Crippen MR) is 107 cm³/mol. The van der Waals surface area contributed by atoms with Gasteiger partial charge in [0.05, 0.1) is 11.7 Å². The molecular weight excluding hydrogens is 330 g/mol. The molecule has 0 unspecified atom stereocenters. The maximum atomic E-state index is 12.9. The van der Waals surface area contributed by atoms with Gasteiger partial charge in [0.25, 0.3) is 5.56 Å². The minimum Gasteiger partial charge on any atom is -0.303 e. The van der Waals surface area contributed by atoms with E-state index in [0.717, 1.165) is 42.6 Å². The molecule has 4 nitrogen and oxygen atoms in total. The van der Waals surface area contributed by atoms with Crippen LogP contribution in [0.15, 0.2) is 11.1 Å². The SMILES string of the molecule is CCCCN(CCCC)CCCn1cnc2sc3c(c2c1=O)CCC3. The van der Waals surface area contributed by atoms with E-state index in [2.05, 4.69) is 23.7 Å². The fraction of sp³-hybridized carbons (Fsp3) is 0.700. The van der Waals surface area contributed by atoms with Gasteiger partial charge in [-0.05, 0) is 63.7 Å². The van der Waals surface area contributed by atoms with E-state index in [1.165, 1.54) is 55.6 Å². The third-order valence-corrected chi connectivity index (χ3v) is 6.42. The highest BCUT2D eigenvalue weighted by atomic mass is 32.1. The van der Waals surface area contributed by atoms with Crippen molar-refractivity contribution in [1.82, 2.24) is 14.5 Å². The lowest BCUT2D eigenvalue weighted by Crippen LogP contribution is -2.29. The molecule has 0 saturated heterocycles. The summed E-state index contributed by atoms with van der Waals surface area (Å²) in [5.41, 5.74) is 1.47. The third-order valence-electron chi connectivity index (χ3n) is 5.22. The summed E-state index contributed by atoms with van der Waals surface area (Å²) in [5, 5.41) is 0.911. The second-order valence-electron chi connectivity index (χ2n) is 7.18. The standard InChI is InChI=1S/C20H31N3OS/c1-3-5-11-22(12-6-4-2)13-8-14-23-15-21-19-18(20(23)24)16-9-7-10-17(16)25-19/h15H,3-14H2,1-2H3. The van der Waals surface area contributed by atoms with Gasteiger partial charge in [-0.15, -0.1) is 11.3 Å². The number of rotatable bonds is 10. The molecule has 0 aliphatic heterocycles. The average molecular weight is 362 g/mol. The molecule has 0 saturated carbocycles. The Bertz CT molecular complexity index is 741. The maximum Gasteiger partial charge on any atom is 0.262 e. The number of fused-ring (bicyclic) bond motifs is 3. The molecule has 0 radical (unpaired) electrons. The van der Waals surface area contributed by atoms with E-state index < -0.39 is 0 Å². The van der Waals surface area contributed by atoms with Crippen molar-refractivity contribution in [1.29, 1.82) is 0 Å². The van der Waals surface area contributed by atoms with Gasteiger partial charge >= 0.3 is 0 Å². The number of unbranched alkanes of at least 4 members (excludes halogenated alkanes) is 2. The molecule has 0 aromatic carbocycles. The molecule has 1 aliphatic carbocycles. The van der Waals surface area contributed by atoms with E-state index in [1.54, 1.807) is 17.7 Å². The monoisotopic (exact) mass is 361 g/mol. The van der Waals surface area contributed by atoms with Gasteiger partial charge in [0, 0.05) is 11.4 Å². The normalized spacial score (nSPS) is 13.9. The minimum absolute atomic E-state index is 0.179. The van der Waals surface area contributed by atoms with Crippen molar-refractivity contribution < 1.29 is 0 Å². The van der Waals surface area contributed by atoms with Crippen LogP contribution in [0.1, 0.15) is 62.8 Å². The second kappa shape index (κ2) is 8.95. The van der Waals surface area contributed by atoms with Gasteiger partial charge in [-0.3, -0.25) is 9.36 Å². The molecule has 2 aromatic rings. The summed E-state index contributed by atoms with van der Waals surface area (Å²) in [6, 6.07) is 0. The maximum absolute atomic E-state index is 12.9. The zero-order chi connectivity index (χ0) is 17.6. The average Bonchev–Trinajstić information content (AvgIpc) is 3.19. The first-order chi connectivity index (χ1) is 12.2. The summed E-state index contributed by atoms with van der Waals surface area (Å²) in [6.07, 6.45) is 11.2. The highest BCUT2D eigenvalue weighted by Gasteiger charge is 2.21. The summed E-state index contributed by atoms with van der Waals surface area (Å²) in [4.78, 5) is 22.4. The number of hydrogen-bond acceptors (Lipinski definition) is 4. The molecule has 25 heavy (non-hydrogen) atoms. The molecule has 0 spiro atoms. The van der Waals surface area contributed by atoms with E-state index >= 15 is 0 Å². The molecule has 0 atom stereocenters. The summed E-state index contributed by atoms with van der Waals surface area (Å²) in [7, 11) is 0. The quantitative estimate of drug-likeness (QED) is 0.635.